The molecule has 1 aromatic carbocycles. The molecule has 0 aliphatic heterocycles. The van der Waals surface area contributed by atoms with Crippen LogP contribution in [0.5, 0.6) is 0 Å². The smallest absolute Gasteiger partial charge is 0.253 e. The molecule has 1 amide bonds. The number of hydrogen-bond donors (Lipinski definition) is 2. The van der Waals surface area contributed by atoms with Crippen LogP contribution >= 0.6 is 0 Å². The van der Waals surface area contributed by atoms with Gasteiger partial charge in [0.2, 0.25) is 0 Å². The number of nitrogen functional groups attached to an aromatic ring is 1. The topological polar surface area (TPSA) is 73.6 Å². The average Bonchev–Trinajstić information content (AvgIpc) is 2.38. The molecule has 0 radical (unpaired) electrons. The van der Waals surface area contributed by atoms with Crippen molar-refractivity contribution in [1.82, 2.24) is 0 Å². The van der Waals surface area contributed by atoms with E-state index in [9.17, 15) is 9.18 Å². The third kappa shape index (κ3) is 5.23. The number of amides is 1. The Labute approximate surface area is 111 Å². The lowest BCUT2D eigenvalue weighted by molar-refractivity contribution is -0.126. The first kappa shape index (κ1) is 15.4. The number of benzene rings is 1. The van der Waals surface area contributed by atoms with Crippen LogP contribution in [0.3, 0.4) is 0 Å². The summed E-state index contributed by atoms with van der Waals surface area (Å²) < 4.78 is 23.2. The molecule has 106 valence electrons. The summed E-state index contributed by atoms with van der Waals surface area (Å²) in [5.74, 6) is -0.815. The summed E-state index contributed by atoms with van der Waals surface area (Å²) in [7, 11) is 1.61. The molecule has 0 spiro atoms. The second-order valence-electron chi connectivity index (χ2n) is 4.08. The quantitative estimate of drug-likeness (QED) is 0.585. The molecule has 1 rings (SSSR count). The van der Waals surface area contributed by atoms with E-state index >= 15 is 0 Å². The van der Waals surface area contributed by atoms with Crippen molar-refractivity contribution in [3.63, 3.8) is 0 Å². The standard InChI is InChI=1S/C13H19FN2O3/c1-9(19-7-3-6-18-2)13(17)16-10-4-5-11(14)12(15)8-10/h4-5,8-9H,3,6-7,15H2,1-2H3,(H,16,17). The van der Waals surface area contributed by atoms with Crippen molar-refractivity contribution >= 4 is 17.3 Å². The van der Waals surface area contributed by atoms with Crippen molar-refractivity contribution < 1.29 is 18.7 Å². The molecule has 1 aromatic rings. The number of hydrogen-bond acceptors (Lipinski definition) is 4. The normalized spacial score (nSPS) is 12.2. The summed E-state index contributed by atoms with van der Waals surface area (Å²) in [6.45, 7) is 2.67. The number of ether oxygens (including phenoxy) is 2. The van der Waals surface area contributed by atoms with Gasteiger partial charge in [0.05, 0.1) is 5.69 Å². The third-order valence-corrected chi connectivity index (χ3v) is 2.49. The van der Waals surface area contributed by atoms with Gasteiger partial charge in [-0.25, -0.2) is 4.39 Å². The Hall–Kier alpha value is -1.66. The van der Waals surface area contributed by atoms with Crippen LogP contribution in [-0.4, -0.2) is 32.3 Å². The molecule has 1 atom stereocenters. The number of anilines is 2. The first-order valence-corrected chi connectivity index (χ1v) is 6.01. The van der Waals surface area contributed by atoms with E-state index < -0.39 is 11.9 Å². The molecule has 0 aliphatic carbocycles. The van der Waals surface area contributed by atoms with Gasteiger partial charge in [0, 0.05) is 26.0 Å². The van der Waals surface area contributed by atoms with E-state index in [-0.39, 0.29) is 11.6 Å². The van der Waals surface area contributed by atoms with Gasteiger partial charge in [0.15, 0.2) is 0 Å². The number of nitrogens with two attached hydrogens (primary N) is 1. The van der Waals surface area contributed by atoms with Crippen LogP contribution in [0.1, 0.15) is 13.3 Å². The highest BCUT2D eigenvalue weighted by molar-refractivity contribution is 5.94. The highest BCUT2D eigenvalue weighted by Crippen LogP contribution is 2.16. The van der Waals surface area contributed by atoms with Crippen LogP contribution in [0.15, 0.2) is 18.2 Å². The summed E-state index contributed by atoms with van der Waals surface area (Å²) in [6, 6.07) is 4.02. The fourth-order valence-electron chi connectivity index (χ4n) is 1.40. The fourth-order valence-corrected chi connectivity index (χ4v) is 1.40. The molecule has 0 bridgehead atoms. The second-order valence-corrected chi connectivity index (χ2v) is 4.08. The Kier molecular flexibility index (Phi) is 6.24. The minimum atomic E-state index is -0.594. The Balaban J connectivity index is 2.42. The zero-order valence-electron chi connectivity index (χ0n) is 11.1. The molecule has 0 aromatic heterocycles. The Bertz CT molecular complexity index is 426. The van der Waals surface area contributed by atoms with Crippen molar-refractivity contribution in [2.45, 2.75) is 19.4 Å². The Morgan fingerprint density at radius 2 is 2.21 bits per heavy atom. The highest BCUT2D eigenvalue weighted by atomic mass is 19.1. The molecule has 19 heavy (non-hydrogen) atoms. The predicted octanol–water partition coefficient (Wildman–Crippen LogP) is 1.79. The van der Waals surface area contributed by atoms with E-state index in [1.165, 1.54) is 18.2 Å². The minimum absolute atomic E-state index is 0.00790. The van der Waals surface area contributed by atoms with Crippen LogP contribution in [0.4, 0.5) is 15.8 Å². The Morgan fingerprint density at radius 3 is 2.84 bits per heavy atom. The van der Waals surface area contributed by atoms with Crippen molar-refractivity contribution in [3.05, 3.63) is 24.0 Å². The van der Waals surface area contributed by atoms with Crippen LogP contribution in [0.2, 0.25) is 0 Å². The molecule has 1 unspecified atom stereocenters. The molecule has 5 nitrogen and oxygen atoms in total. The predicted molar refractivity (Wildman–Crippen MR) is 71.3 cm³/mol. The van der Waals surface area contributed by atoms with E-state index in [1.807, 2.05) is 0 Å². The largest absolute Gasteiger partial charge is 0.396 e. The molecule has 0 aliphatic rings. The van der Waals surface area contributed by atoms with Gasteiger partial charge in [-0.2, -0.15) is 0 Å². The number of halogens is 1. The molecule has 6 heteroatoms. The van der Waals surface area contributed by atoms with Gasteiger partial charge in [-0.3, -0.25) is 4.79 Å². The molecule has 0 saturated heterocycles. The Morgan fingerprint density at radius 1 is 1.47 bits per heavy atom. The lowest BCUT2D eigenvalue weighted by atomic mass is 10.2. The maximum atomic E-state index is 13.0. The maximum Gasteiger partial charge on any atom is 0.253 e. The summed E-state index contributed by atoms with van der Waals surface area (Å²) in [5.41, 5.74) is 5.85. The van der Waals surface area contributed by atoms with E-state index in [1.54, 1.807) is 14.0 Å². The molecule has 0 heterocycles. The summed E-state index contributed by atoms with van der Waals surface area (Å²) in [6.07, 6.45) is 0.126. The maximum absolute atomic E-state index is 13.0. The zero-order chi connectivity index (χ0) is 14.3. The van der Waals surface area contributed by atoms with E-state index in [0.717, 1.165) is 6.42 Å². The molecule has 3 N–H and O–H groups in total. The number of rotatable bonds is 7. The van der Waals surface area contributed by atoms with Crippen molar-refractivity contribution in [2.24, 2.45) is 0 Å². The van der Waals surface area contributed by atoms with Crippen LogP contribution < -0.4 is 11.1 Å². The first-order valence-electron chi connectivity index (χ1n) is 6.01. The van der Waals surface area contributed by atoms with E-state index in [2.05, 4.69) is 5.32 Å². The van der Waals surface area contributed by atoms with Gasteiger partial charge in [-0.05, 0) is 31.5 Å². The van der Waals surface area contributed by atoms with Gasteiger partial charge < -0.3 is 20.5 Å². The summed E-state index contributed by atoms with van der Waals surface area (Å²) in [4.78, 5) is 11.8. The lowest BCUT2D eigenvalue weighted by Gasteiger charge is -2.13. The van der Waals surface area contributed by atoms with Gasteiger partial charge in [-0.15, -0.1) is 0 Å². The third-order valence-electron chi connectivity index (χ3n) is 2.49. The average molecular weight is 270 g/mol. The first-order chi connectivity index (χ1) is 9.04. The molecular weight excluding hydrogens is 251 g/mol. The lowest BCUT2D eigenvalue weighted by Crippen LogP contribution is -2.28. The van der Waals surface area contributed by atoms with Crippen LogP contribution in [0, 0.1) is 5.82 Å². The fraction of sp³-hybridized carbons (Fsp3) is 0.462. The minimum Gasteiger partial charge on any atom is -0.396 e. The number of carbonyl (C=O) groups is 1. The van der Waals surface area contributed by atoms with Gasteiger partial charge >= 0.3 is 0 Å². The van der Waals surface area contributed by atoms with Crippen molar-refractivity contribution in [1.29, 1.82) is 0 Å². The molecule has 0 saturated carbocycles. The van der Waals surface area contributed by atoms with E-state index in [0.29, 0.717) is 18.9 Å². The van der Waals surface area contributed by atoms with Crippen molar-refractivity contribution in [3.8, 4) is 0 Å². The highest BCUT2D eigenvalue weighted by Gasteiger charge is 2.13. The molecule has 0 fully saturated rings. The monoisotopic (exact) mass is 270 g/mol. The molecular formula is C13H19FN2O3. The SMILES string of the molecule is COCCCOC(C)C(=O)Nc1ccc(F)c(N)c1. The van der Waals surface area contributed by atoms with E-state index in [4.69, 9.17) is 15.2 Å². The van der Waals surface area contributed by atoms with Gasteiger partial charge in [0.1, 0.15) is 11.9 Å². The number of carbonyl (C=O) groups excluding carboxylic acids is 1. The van der Waals surface area contributed by atoms with Crippen molar-refractivity contribution in [2.75, 3.05) is 31.4 Å². The summed E-state index contributed by atoms with van der Waals surface area (Å²) >= 11 is 0. The number of nitrogens with one attached hydrogen (secondary N) is 1. The van der Waals surface area contributed by atoms with Gasteiger partial charge in [-0.1, -0.05) is 0 Å². The summed E-state index contributed by atoms with van der Waals surface area (Å²) in [5, 5.41) is 2.61. The zero-order valence-corrected chi connectivity index (χ0v) is 11.1. The van der Waals surface area contributed by atoms with Crippen LogP contribution in [-0.2, 0) is 14.3 Å². The second kappa shape index (κ2) is 7.70. The number of methoxy groups -OCH3 is 1. The van der Waals surface area contributed by atoms with Crippen LogP contribution in [0.25, 0.3) is 0 Å². The van der Waals surface area contributed by atoms with Gasteiger partial charge in [0.25, 0.3) is 5.91 Å².